The number of pyridine rings is 1. The first kappa shape index (κ1) is 15.6. The molecule has 112 valence electrons. The van der Waals surface area contributed by atoms with E-state index in [1.807, 2.05) is 6.20 Å². The molecule has 1 fully saturated rings. The fraction of sp³-hybridized carbons (Fsp3) is 0.706. The van der Waals surface area contributed by atoms with Gasteiger partial charge in [-0.05, 0) is 54.7 Å². The van der Waals surface area contributed by atoms with Crippen molar-refractivity contribution in [2.75, 3.05) is 18.0 Å². The molecule has 1 saturated heterocycles. The summed E-state index contributed by atoms with van der Waals surface area (Å²) in [7, 11) is 0. The summed E-state index contributed by atoms with van der Waals surface area (Å²) in [4.78, 5) is 7.10. The lowest BCUT2D eigenvalue weighted by Gasteiger charge is -2.30. The van der Waals surface area contributed by atoms with E-state index in [0.717, 1.165) is 30.4 Å². The van der Waals surface area contributed by atoms with Gasteiger partial charge in [0.05, 0.1) is 0 Å². The fourth-order valence-electron chi connectivity index (χ4n) is 3.20. The second-order valence-electron chi connectivity index (χ2n) is 7.10. The van der Waals surface area contributed by atoms with Crippen LogP contribution in [0.2, 0.25) is 0 Å². The number of alkyl halides is 1. The molecule has 0 aromatic carbocycles. The molecule has 1 aromatic rings. The summed E-state index contributed by atoms with van der Waals surface area (Å²) in [5.74, 6) is 2.50. The van der Waals surface area contributed by atoms with E-state index in [-0.39, 0.29) is 0 Å². The van der Waals surface area contributed by atoms with Crippen molar-refractivity contribution in [2.45, 2.75) is 52.8 Å². The number of aromatic nitrogens is 1. The second-order valence-corrected chi connectivity index (χ2v) is 7.37. The quantitative estimate of drug-likeness (QED) is 0.730. The Bertz CT molecular complexity index is 451. The maximum Gasteiger partial charge on any atom is 0.131 e. The third kappa shape index (κ3) is 3.66. The van der Waals surface area contributed by atoms with Gasteiger partial charge in [-0.15, -0.1) is 11.6 Å². The summed E-state index contributed by atoms with van der Waals surface area (Å²) in [6.45, 7) is 11.5. The molecule has 2 rings (SSSR count). The van der Waals surface area contributed by atoms with Gasteiger partial charge in [-0.3, -0.25) is 0 Å². The molecule has 2 heterocycles. The van der Waals surface area contributed by atoms with Crippen LogP contribution in [-0.4, -0.2) is 18.1 Å². The SMILES string of the molecule is Cc1cc(CCl)cnc1N1CCCC(C(C)(C)C)CC1. The summed E-state index contributed by atoms with van der Waals surface area (Å²) in [6.07, 6.45) is 5.78. The van der Waals surface area contributed by atoms with Gasteiger partial charge in [0.25, 0.3) is 0 Å². The van der Waals surface area contributed by atoms with Crippen LogP contribution in [-0.2, 0) is 5.88 Å². The Morgan fingerprint density at radius 1 is 1.30 bits per heavy atom. The van der Waals surface area contributed by atoms with Crippen LogP contribution in [0.3, 0.4) is 0 Å². The van der Waals surface area contributed by atoms with Crippen molar-refractivity contribution in [2.24, 2.45) is 11.3 Å². The molecular formula is C17H27ClN2. The Hall–Kier alpha value is -0.760. The molecule has 1 atom stereocenters. The standard InChI is InChI=1S/C17H27ClN2/c1-13-10-14(11-18)12-19-16(13)20-8-5-6-15(7-9-20)17(2,3)4/h10,12,15H,5-9,11H2,1-4H3. The van der Waals surface area contributed by atoms with E-state index in [0.29, 0.717) is 11.3 Å². The van der Waals surface area contributed by atoms with Crippen LogP contribution in [0.1, 0.15) is 51.2 Å². The molecule has 0 amide bonds. The third-order valence-corrected chi connectivity index (χ3v) is 4.82. The van der Waals surface area contributed by atoms with Crippen molar-refractivity contribution in [3.63, 3.8) is 0 Å². The van der Waals surface area contributed by atoms with Gasteiger partial charge in [-0.2, -0.15) is 0 Å². The van der Waals surface area contributed by atoms with E-state index < -0.39 is 0 Å². The first-order chi connectivity index (χ1) is 9.41. The van der Waals surface area contributed by atoms with Crippen LogP contribution in [0.25, 0.3) is 0 Å². The molecule has 0 bridgehead atoms. The van der Waals surface area contributed by atoms with Crippen LogP contribution in [0.15, 0.2) is 12.3 Å². The molecule has 1 aliphatic rings. The average Bonchev–Trinajstić information content (AvgIpc) is 2.63. The van der Waals surface area contributed by atoms with Crippen molar-refractivity contribution in [3.05, 3.63) is 23.4 Å². The monoisotopic (exact) mass is 294 g/mol. The van der Waals surface area contributed by atoms with E-state index >= 15 is 0 Å². The molecule has 1 aromatic heterocycles. The van der Waals surface area contributed by atoms with Gasteiger partial charge in [0.15, 0.2) is 0 Å². The highest BCUT2D eigenvalue weighted by Gasteiger charge is 2.27. The van der Waals surface area contributed by atoms with Crippen molar-refractivity contribution in [1.82, 2.24) is 4.98 Å². The van der Waals surface area contributed by atoms with Crippen LogP contribution in [0.4, 0.5) is 5.82 Å². The Kier molecular flexibility index (Phi) is 4.95. The zero-order valence-electron chi connectivity index (χ0n) is 13.2. The predicted molar refractivity (Wildman–Crippen MR) is 87.5 cm³/mol. The summed E-state index contributed by atoms with van der Waals surface area (Å²) in [5, 5.41) is 0. The van der Waals surface area contributed by atoms with Crippen molar-refractivity contribution in [3.8, 4) is 0 Å². The Morgan fingerprint density at radius 2 is 2.05 bits per heavy atom. The lowest BCUT2D eigenvalue weighted by atomic mass is 9.77. The minimum atomic E-state index is 0.418. The summed E-state index contributed by atoms with van der Waals surface area (Å²) in [6, 6.07) is 2.17. The molecule has 0 saturated carbocycles. The fourth-order valence-corrected chi connectivity index (χ4v) is 3.35. The van der Waals surface area contributed by atoms with Gasteiger partial charge in [-0.25, -0.2) is 4.98 Å². The topological polar surface area (TPSA) is 16.1 Å². The molecule has 2 nitrogen and oxygen atoms in total. The van der Waals surface area contributed by atoms with E-state index in [2.05, 4.69) is 43.6 Å². The normalized spacial score (nSPS) is 20.9. The molecule has 20 heavy (non-hydrogen) atoms. The number of halogens is 1. The van der Waals surface area contributed by atoms with E-state index in [1.165, 1.54) is 24.8 Å². The summed E-state index contributed by atoms with van der Waals surface area (Å²) < 4.78 is 0. The zero-order chi connectivity index (χ0) is 14.8. The lowest BCUT2D eigenvalue weighted by molar-refractivity contribution is 0.220. The smallest absolute Gasteiger partial charge is 0.131 e. The highest BCUT2D eigenvalue weighted by molar-refractivity contribution is 6.17. The van der Waals surface area contributed by atoms with Crippen molar-refractivity contribution in [1.29, 1.82) is 0 Å². The zero-order valence-corrected chi connectivity index (χ0v) is 14.0. The molecule has 1 unspecified atom stereocenters. The number of hydrogen-bond donors (Lipinski definition) is 0. The predicted octanol–water partition coefficient (Wildman–Crippen LogP) is 4.78. The van der Waals surface area contributed by atoms with Gasteiger partial charge in [-0.1, -0.05) is 20.8 Å². The number of anilines is 1. The third-order valence-electron chi connectivity index (χ3n) is 4.51. The Morgan fingerprint density at radius 3 is 2.65 bits per heavy atom. The van der Waals surface area contributed by atoms with E-state index in [4.69, 9.17) is 11.6 Å². The van der Waals surface area contributed by atoms with Crippen molar-refractivity contribution < 1.29 is 0 Å². The molecular weight excluding hydrogens is 268 g/mol. The maximum atomic E-state index is 5.88. The second kappa shape index (κ2) is 6.34. The van der Waals surface area contributed by atoms with Crippen molar-refractivity contribution >= 4 is 17.4 Å². The molecule has 3 heteroatoms. The molecule has 1 aliphatic heterocycles. The van der Waals surface area contributed by atoms with Gasteiger partial charge < -0.3 is 4.90 Å². The van der Waals surface area contributed by atoms with E-state index in [9.17, 15) is 0 Å². The highest BCUT2D eigenvalue weighted by Crippen LogP contribution is 2.35. The maximum absolute atomic E-state index is 5.88. The molecule has 0 radical (unpaired) electrons. The van der Waals surface area contributed by atoms with Crippen LogP contribution >= 0.6 is 11.6 Å². The average molecular weight is 295 g/mol. The van der Waals surface area contributed by atoms with Crippen LogP contribution in [0, 0.1) is 18.3 Å². The number of nitrogens with zero attached hydrogens (tertiary/aromatic N) is 2. The minimum Gasteiger partial charge on any atom is -0.356 e. The number of aryl methyl sites for hydroxylation is 1. The number of hydrogen-bond acceptors (Lipinski definition) is 2. The molecule has 0 N–H and O–H groups in total. The minimum absolute atomic E-state index is 0.418. The largest absolute Gasteiger partial charge is 0.356 e. The van der Waals surface area contributed by atoms with E-state index in [1.54, 1.807) is 0 Å². The van der Waals surface area contributed by atoms with Gasteiger partial charge >= 0.3 is 0 Å². The molecule has 0 aliphatic carbocycles. The van der Waals surface area contributed by atoms with Gasteiger partial charge in [0.2, 0.25) is 0 Å². The van der Waals surface area contributed by atoms with Crippen LogP contribution in [0.5, 0.6) is 0 Å². The van der Waals surface area contributed by atoms with Gasteiger partial charge in [0.1, 0.15) is 5.82 Å². The van der Waals surface area contributed by atoms with Crippen LogP contribution < -0.4 is 4.90 Å². The molecule has 0 spiro atoms. The lowest BCUT2D eigenvalue weighted by Crippen LogP contribution is -2.27. The Balaban J connectivity index is 2.11. The van der Waals surface area contributed by atoms with Gasteiger partial charge in [0, 0.05) is 25.2 Å². The number of rotatable bonds is 2. The highest BCUT2D eigenvalue weighted by atomic mass is 35.5. The summed E-state index contributed by atoms with van der Waals surface area (Å²) in [5.41, 5.74) is 2.77. The first-order valence-electron chi connectivity index (χ1n) is 7.68. The summed E-state index contributed by atoms with van der Waals surface area (Å²) >= 11 is 5.88. The first-order valence-corrected chi connectivity index (χ1v) is 8.21. The Labute approximate surface area is 128 Å².